The van der Waals surface area contributed by atoms with Gasteiger partial charge in [-0.1, -0.05) is 24.3 Å². The van der Waals surface area contributed by atoms with Gasteiger partial charge in [0, 0.05) is 25.7 Å². The van der Waals surface area contributed by atoms with Crippen LogP contribution in [0.15, 0.2) is 24.3 Å². The van der Waals surface area contributed by atoms with Crippen LogP contribution in [0.4, 0.5) is 0 Å². The highest BCUT2D eigenvalue weighted by Crippen LogP contribution is 2.40. The van der Waals surface area contributed by atoms with Crippen LogP contribution in [0.2, 0.25) is 0 Å². The van der Waals surface area contributed by atoms with Gasteiger partial charge in [-0.05, 0) is 50.8 Å². The van der Waals surface area contributed by atoms with E-state index in [0.717, 1.165) is 32.5 Å². The molecule has 3 aliphatic heterocycles. The third kappa shape index (κ3) is 2.84. The van der Waals surface area contributed by atoms with Crippen molar-refractivity contribution in [2.24, 2.45) is 5.41 Å². The van der Waals surface area contributed by atoms with Crippen molar-refractivity contribution in [3.63, 3.8) is 0 Å². The Labute approximate surface area is 149 Å². The molecule has 3 heterocycles. The summed E-state index contributed by atoms with van der Waals surface area (Å²) in [7, 11) is 0. The lowest BCUT2D eigenvalue weighted by atomic mass is 9.83. The molecule has 25 heavy (non-hydrogen) atoms. The van der Waals surface area contributed by atoms with E-state index in [2.05, 4.69) is 42.3 Å². The molecule has 5 heteroatoms. The summed E-state index contributed by atoms with van der Waals surface area (Å²) in [5, 5.41) is 3.01. The summed E-state index contributed by atoms with van der Waals surface area (Å²) in [6.45, 7) is 7.46. The largest absolute Gasteiger partial charge is 0.344 e. The summed E-state index contributed by atoms with van der Waals surface area (Å²) in [5.41, 5.74) is 2.20. The van der Waals surface area contributed by atoms with E-state index < -0.39 is 0 Å². The van der Waals surface area contributed by atoms with Crippen molar-refractivity contribution in [2.45, 2.75) is 51.7 Å². The lowest BCUT2D eigenvalue weighted by Gasteiger charge is -2.31. The molecule has 0 aromatic heterocycles. The molecular weight excluding hydrogens is 314 g/mol. The lowest BCUT2D eigenvalue weighted by molar-refractivity contribution is -0.135. The van der Waals surface area contributed by atoms with Crippen molar-refractivity contribution in [1.29, 1.82) is 0 Å². The minimum atomic E-state index is -0.363. The number of carbonyl (C=O) groups excluding carboxylic acids is 2. The lowest BCUT2D eigenvalue weighted by Crippen LogP contribution is -2.46. The topological polar surface area (TPSA) is 52.7 Å². The van der Waals surface area contributed by atoms with Crippen molar-refractivity contribution in [3.05, 3.63) is 35.4 Å². The van der Waals surface area contributed by atoms with Crippen LogP contribution in [0, 0.1) is 5.41 Å². The van der Waals surface area contributed by atoms with Gasteiger partial charge in [-0.25, -0.2) is 0 Å². The Bertz CT molecular complexity index is 702. The van der Waals surface area contributed by atoms with E-state index in [4.69, 9.17) is 0 Å². The number of fused-ring (bicyclic) bond motifs is 1. The van der Waals surface area contributed by atoms with Gasteiger partial charge in [0.1, 0.15) is 6.04 Å². The molecule has 4 rings (SSSR count). The molecule has 5 nitrogen and oxygen atoms in total. The minimum Gasteiger partial charge on any atom is -0.344 e. The van der Waals surface area contributed by atoms with Gasteiger partial charge in [0.05, 0.1) is 5.41 Å². The fourth-order valence-electron chi connectivity index (χ4n) is 4.60. The first-order valence-electron chi connectivity index (χ1n) is 9.39. The van der Waals surface area contributed by atoms with E-state index in [9.17, 15) is 9.59 Å². The number of carbonyl (C=O) groups is 2. The second-order valence-corrected chi connectivity index (χ2v) is 8.10. The van der Waals surface area contributed by atoms with E-state index in [1.54, 1.807) is 0 Å². The molecule has 0 saturated carbocycles. The molecule has 2 fully saturated rings. The van der Waals surface area contributed by atoms with Crippen LogP contribution in [0.3, 0.4) is 0 Å². The molecule has 2 atom stereocenters. The molecule has 0 aliphatic carbocycles. The zero-order valence-electron chi connectivity index (χ0n) is 15.1. The Morgan fingerprint density at radius 2 is 2.00 bits per heavy atom. The molecule has 0 radical (unpaired) electrons. The smallest absolute Gasteiger partial charge is 0.245 e. The first-order valence-corrected chi connectivity index (χ1v) is 9.39. The van der Waals surface area contributed by atoms with E-state index >= 15 is 0 Å². The fraction of sp³-hybridized carbons (Fsp3) is 0.600. The summed E-state index contributed by atoms with van der Waals surface area (Å²) in [6, 6.07) is 8.41. The van der Waals surface area contributed by atoms with E-state index in [-0.39, 0.29) is 23.3 Å². The fourth-order valence-corrected chi connectivity index (χ4v) is 4.60. The van der Waals surface area contributed by atoms with Gasteiger partial charge < -0.3 is 10.2 Å². The maximum Gasteiger partial charge on any atom is 0.245 e. The molecule has 1 spiro atoms. The van der Waals surface area contributed by atoms with Crippen LogP contribution in [-0.2, 0) is 22.6 Å². The predicted octanol–water partition coefficient (Wildman–Crippen LogP) is 1.56. The van der Waals surface area contributed by atoms with Crippen molar-refractivity contribution in [3.8, 4) is 0 Å². The van der Waals surface area contributed by atoms with Gasteiger partial charge >= 0.3 is 0 Å². The zero-order valence-corrected chi connectivity index (χ0v) is 15.1. The van der Waals surface area contributed by atoms with Crippen molar-refractivity contribution < 1.29 is 9.59 Å². The first-order chi connectivity index (χ1) is 12.0. The summed E-state index contributed by atoms with van der Waals surface area (Å²) in [6.07, 6.45) is 2.41. The molecule has 0 unspecified atom stereocenters. The predicted molar refractivity (Wildman–Crippen MR) is 95.9 cm³/mol. The monoisotopic (exact) mass is 341 g/mol. The highest BCUT2D eigenvalue weighted by molar-refractivity contribution is 5.94. The molecule has 1 N–H and O–H groups in total. The van der Waals surface area contributed by atoms with Gasteiger partial charge in [-0.3, -0.25) is 14.5 Å². The van der Waals surface area contributed by atoms with Crippen LogP contribution < -0.4 is 5.32 Å². The number of hydrogen-bond acceptors (Lipinski definition) is 3. The second kappa shape index (κ2) is 6.13. The van der Waals surface area contributed by atoms with Gasteiger partial charge in [-0.15, -0.1) is 0 Å². The zero-order chi connectivity index (χ0) is 17.6. The average molecular weight is 341 g/mol. The van der Waals surface area contributed by atoms with Gasteiger partial charge in [0.2, 0.25) is 11.8 Å². The standard InChI is InChI=1S/C20H27N3O2/c1-14(2)23-10-8-20(13-23)11-17(21-19(20)25)18(24)22-9-7-15-5-3-4-6-16(15)12-22/h3-6,14,17H,7-13H2,1-2H3,(H,21,25)/t17-,20+/m0/s1. The van der Waals surface area contributed by atoms with Gasteiger partial charge in [0.25, 0.3) is 0 Å². The Kier molecular flexibility index (Phi) is 4.07. The molecule has 134 valence electrons. The summed E-state index contributed by atoms with van der Waals surface area (Å²) >= 11 is 0. The SMILES string of the molecule is CC(C)N1CC[C@@]2(C[C@@H](C(=O)N3CCc4ccccc4C3)NC2=O)C1. The van der Waals surface area contributed by atoms with Crippen LogP contribution >= 0.6 is 0 Å². The Morgan fingerprint density at radius 3 is 2.72 bits per heavy atom. The quantitative estimate of drug-likeness (QED) is 0.888. The van der Waals surface area contributed by atoms with Crippen molar-refractivity contribution >= 4 is 11.8 Å². The number of likely N-dealkylation sites (tertiary alicyclic amines) is 1. The van der Waals surface area contributed by atoms with E-state index in [1.165, 1.54) is 11.1 Å². The third-order valence-electron chi connectivity index (χ3n) is 6.24. The minimum absolute atomic E-state index is 0.0754. The second-order valence-electron chi connectivity index (χ2n) is 8.10. The molecule has 3 aliphatic rings. The Balaban J connectivity index is 1.45. The first kappa shape index (κ1) is 16.6. The number of hydrogen-bond donors (Lipinski definition) is 1. The molecule has 1 aromatic rings. The Morgan fingerprint density at radius 1 is 1.24 bits per heavy atom. The average Bonchev–Trinajstić information content (AvgIpc) is 3.19. The highest BCUT2D eigenvalue weighted by atomic mass is 16.2. The molecule has 2 amide bonds. The normalized spacial score (nSPS) is 29.3. The number of amides is 2. The Hall–Kier alpha value is -1.88. The summed E-state index contributed by atoms with van der Waals surface area (Å²) in [5.74, 6) is 0.161. The van der Waals surface area contributed by atoms with Crippen molar-refractivity contribution in [2.75, 3.05) is 19.6 Å². The van der Waals surface area contributed by atoms with Crippen LogP contribution in [-0.4, -0.2) is 53.3 Å². The maximum atomic E-state index is 13.0. The van der Waals surface area contributed by atoms with E-state index in [1.807, 2.05) is 11.0 Å². The molecular formula is C20H27N3O2. The number of rotatable bonds is 2. The molecule has 2 saturated heterocycles. The number of nitrogens with zero attached hydrogens (tertiary/aromatic N) is 2. The van der Waals surface area contributed by atoms with E-state index in [0.29, 0.717) is 19.0 Å². The van der Waals surface area contributed by atoms with Crippen LogP contribution in [0.25, 0.3) is 0 Å². The molecule has 0 bridgehead atoms. The third-order valence-corrected chi connectivity index (χ3v) is 6.24. The van der Waals surface area contributed by atoms with Crippen LogP contribution in [0.1, 0.15) is 37.8 Å². The maximum absolute atomic E-state index is 13.0. The molecule has 1 aromatic carbocycles. The number of benzene rings is 1. The van der Waals surface area contributed by atoms with Crippen LogP contribution in [0.5, 0.6) is 0 Å². The highest BCUT2D eigenvalue weighted by Gasteiger charge is 2.53. The van der Waals surface area contributed by atoms with Crippen molar-refractivity contribution in [1.82, 2.24) is 15.1 Å². The van der Waals surface area contributed by atoms with Gasteiger partial charge in [-0.2, -0.15) is 0 Å². The summed E-state index contributed by atoms with van der Waals surface area (Å²) < 4.78 is 0. The number of nitrogens with one attached hydrogen (secondary N) is 1. The van der Waals surface area contributed by atoms with Gasteiger partial charge in [0.15, 0.2) is 0 Å². The summed E-state index contributed by atoms with van der Waals surface area (Å²) in [4.78, 5) is 29.9.